The van der Waals surface area contributed by atoms with Crippen LogP contribution in [0, 0.1) is 0 Å². The average molecular weight is 264 g/mol. The number of hydrogen-bond acceptors (Lipinski definition) is 4. The number of alkyl halides is 3. The summed E-state index contributed by atoms with van der Waals surface area (Å²) in [4.78, 5) is 1.82. The summed E-state index contributed by atoms with van der Waals surface area (Å²) in [5, 5.41) is 0. The largest absolute Gasteiger partial charge is 0.465 e. The van der Waals surface area contributed by atoms with Gasteiger partial charge in [-0.1, -0.05) is 0 Å². The molecule has 4 nitrogen and oxygen atoms in total. The second-order valence-corrected chi connectivity index (χ2v) is 3.84. The zero-order valence-corrected chi connectivity index (χ0v) is 10.1. The van der Waals surface area contributed by atoms with Crippen LogP contribution in [0.15, 0.2) is 18.2 Å². The topological polar surface area (TPSA) is 47.7 Å². The predicted molar refractivity (Wildman–Crippen MR) is 62.7 cm³/mol. The van der Waals surface area contributed by atoms with Gasteiger partial charge >= 0.3 is 6.18 Å². The van der Waals surface area contributed by atoms with Gasteiger partial charge in [0.05, 0.1) is 5.69 Å². The van der Waals surface area contributed by atoms with Crippen molar-refractivity contribution in [3.8, 4) is 5.75 Å². The van der Waals surface area contributed by atoms with Crippen molar-refractivity contribution in [1.29, 1.82) is 0 Å². The summed E-state index contributed by atoms with van der Waals surface area (Å²) in [6, 6.07) is 5.03. The van der Waals surface area contributed by atoms with Crippen LogP contribution in [0.2, 0.25) is 0 Å². The summed E-state index contributed by atoms with van der Waals surface area (Å²) in [5.41, 5.74) is 6.81. The van der Waals surface area contributed by atoms with E-state index < -0.39 is 19.6 Å². The van der Waals surface area contributed by atoms with Crippen molar-refractivity contribution >= 4 is 11.4 Å². The van der Waals surface area contributed by atoms with Gasteiger partial charge in [-0.05, 0) is 12.1 Å². The Balaban J connectivity index is 2.54. The van der Waals surface area contributed by atoms with Crippen LogP contribution < -0.4 is 15.4 Å². The molecule has 0 aromatic heterocycles. The molecule has 102 valence electrons. The molecule has 0 heterocycles. The first-order valence-corrected chi connectivity index (χ1v) is 5.14. The quantitative estimate of drug-likeness (QED) is 0.503. The van der Waals surface area contributed by atoms with Gasteiger partial charge in [0.25, 0.3) is 0 Å². The van der Waals surface area contributed by atoms with Crippen molar-refractivity contribution in [3.05, 3.63) is 18.2 Å². The fourth-order valence-electron chi connectivity index (χ4n) is 1.19. The lowest BCUT2D eigenvalue weighted by atomic mass is 10.2. The number of benzene rings is 1. The Bertz CT molecular complexity index is 394. The van der Waals surface area contributed by atoms with E-state index in [0.717, 1.165) is 5.69 Å². The summed E-state index contributed by atoms with van der Waals surface area (Å²) < 4.78 is 44.8. The van der Waals surface area contributed by atoms with Gasteiger partial charge in [0.15, 0.2) is 6.79 Å². The second-order valence-electron chi connectivity index (χ2n) is 3.84. The third-order valence-electron chi connectivity index (χ3n) is 2.08. The zero-order valence-electron chi connectivity index (χ0n) is 10.1. The van der Waals surface area contributed by atoms with Crippen LogP contribution in [0.5, 0.6) is 5.75 Å². The molecule has 1 aromatic rings. The summed E-state index contributed by atoms with van der Waals surface area (Å²) in [5.74, 6) is 0.295. The van der Waals surface area contributed by atoms with Crippen molar-refractivity contribution in [2.75, 3.05) is 38.1 Å². The Morgan fingerprint density at radius 3 is 2.50 bits per heavy atom. The molecule has 0 saturated heterocycles. The molecule has 0 aliphatic rings. The lowest BCUT2D eigenvalue weighted by Crippen LogP contribution is -2.19. The molecule has 0 saturated carbocycles. The summed E-state index contributed by atoms with van der Waals surface area (Å²) >= 11 is 0. The highest BCUT2D eigenvalue weighted by Gasteiger charge is 2.27. The molecule has 7 heteroatoms. The van der Waals surface area contributed by atoms with Crippen molar-refractivity contribution in [2.24, 2.45) is 0 Å². The Hall–Kier alpha value is -1.63. The Kier molecular flexibility index (Phi) is 4.66. The van der Waals surface area contributed by atoms with Crippen molar-refractivity contribution in [1.82, 2.24) is 0 Å². The third-order valence-corrected chi connectivity index (χ3v) is 2.08. The lowest BCUT2D eigenvalue weighted by molar-refractivity contribution is -0.186. The van der Waals surface area contributed by atoms with Gasteiger partial charge in [-0.15, -0.1) is 0 Å². The molecule has 1 rings (SSSR count). The first-order chi connectivity index (χ1) is 8.29. The van der Waals surface area contributed by atoms with Crippen LogP contribution in [-0.4, -0.2) is 33.7 Å². The Labute approximate surface area is 103 Å². The molecule has 2 N–H and O–H groups in total. The summed E-state index contributed by atoms with van der Waals surface area (Å²) in [6.45, 7) is -1.85. The van der Waals surface area contributed by atoms with E-state index in [-0.39, 0.29) is 0 Å². The number of ether oxygens (including phenoxy) is 2. The Morgan fingerprint density at radius 2 is 1.94 bits per heavy atom. The van der Waals surface area contributed by atoms with E-state index >= 15 is 0 Å². The van der Waals surface area contributed by atoms with Crippen LogP contribution >= 0.6 is 0 Å². The van der Waals surface area contributed by atoms with Gasteiger partial charge in [-0.25, -0.2) is 0 Å². The van der Waals surface area contributed by atoms with Gasteiger partial charge in [0.2, 0.25) is 0 Å². The molecule has 0 bridgehead atoms. The monoisotopic (exact) mass is 264 g/mol. The molecular weight excluding hydrogens is 249 g/mol. The van der Waals surface area contributed by atoms with Gasteiger partial charge in [-0.3, -0.25) is 0 Å². The lowest BCUT2D eigenvalue weighted by Gasteiger charge is -2.16. The van der Waals surface area contributed by atoms with Crippen molar-refractivity contribution in [2.45, 2.75) is 6.18 Å². The fraction of sp³-hybridized carbons (Fsp3) is 0.455. The highest BCUT2D eigenvalue weighted by Crippen LogP contribution is 2.26. The van der Waals surface area contributed by atoms with E-state index in [1.54, 1.807) is 18.2 Å². The highest BCUT2D eigenvalue weighted by molar-refractivity contribution is 5.61. The number of hydrogen-bond donors (Lipinski definition) is 1. The summed E-state index contributed by atoms with van der Waals surface area (Å²) in [7, 11) is 3.66. The zero-order chi connectivity index (χ0) is 13.8. The van der Waals surface area contributed by atoms with E-state index in [1.807, 2.05) is 19.0 Å². The van der Waals surface area contributed by atoms with Crippen LogP contribution in [0.1, 0.15) is 0 Å². The van der Waals surface area contributed by atoms with Crippen LogP contribution in [-0.2, 0) is 4.74 Å². The normalized spacial score (nSPS) is 11.4. The minimum Gasteiger partial charge on any atom is -0.465 e. The maximum atomic E-state index is 11.8. The predicted octanol–water partition coefficient (Wildman–Crippen LogP) is 2.25. The number of nitrogen functional groups attached to an aromatic ring is 1. The first-order valence-electron chi connectivity index (χ1n) is 5.14. The second kappa shape index (κ2) is 5.81. The molecule has 18 heavy (non-hydrogen) atoms. The van der Waals surface area contributed by atoms with Crippen molar-refractivity contribution in [3.63, 3.8) is 0 Å². The molecule has 0 fully saturated rings. The van der Waals surface area contributed by atoms with Crippen LogP contribution in [0.25, 0.3) is 0 Å². The number of rotatable bonds is 5. The number of nitrogens with two attached hydrogens (primary N) is 1. The molecule has 0 atom stereocenters. The average Bonchev–Trinajstić information content (AvgIpc) is 2.24. The maximum Gasteiger partial charge on any atom is 0.411 e. The minimum absolute atomic E-state index is 0.295. The van der Waals surface area contributed by atoms with Crippen LogP contribution in [0.3, 0.4) is 0 Å². The van der Waals surface area contributed by atoms with E-state index in [0.29, 0.717) is 11.4 Å². The molecule has 0 amide bonds. The highest BCUT2D eigenvalue weighted by atomic mass is 19.4. The SMILES string of the molecule is CN(C)c1ccc(N)c(OCOCC(F)(F)F)c1. The molecule has 0 aliphatic heterocycles. The molecule has 0 unspecified atom stereocenters. The first kappa shape index (κ1) is 14.4. The van der Waals surface area contributed by atoms with Gasteiger partial charge in [0, 0.05) is 25.8 Å². The molecular formula is C11H15F3N2O2. The molecule has 0 radical (unpaired) electrons. The number of nitrogens with zero attached hydrogens (tertiary/aromatic N) is 1. The third kappa shape index (κ3) is 4.70. The fourth-order valence-corrected chi connectivity index (χ4v) is 1.19. The number of halogens is 3. The van der Waals surface area contributed by atoms with E-state index in [9.17, 15) is 13.2 Å². The van der Waals surface area contributed by atoms with Gasteiger partial charge in [0.1, 0.15) is 12.4 Å². The Morgan fingerprint density at radius 1 is 1.28 bits per heavy atom. The maximum absolute atomic E-state index is 11.8. The van der Waals surface area contributed by atoms with E-state index in [2.05, 4.69) is 4.74 Å². The van der Waals surface area contributed by atoms with Crippen molar-refractivity contribution < 1.29 is 22.6 Å². The smallest absolute Gasteiger partial charge is 0.411 e. The number of anilines is 2. The van der Waals surface area contributed by atoms with E-state index in [4.69, 9.17) is 10.5 Å². The minimum atomic E-state index is -4.36. The molecule has 0 aliphatic carbocycles. The summed E-state index contributed by atoms with van der Waals surface area (Å²) in [6.07, 6.45) is -4.36. The van der Waals surface area contributed by atoms with Gasteiger partial charge < -0.3 is 20.1 Å². The van der Waals surface area contributed by atoms with Gasteiger partial charge in [-0.2, -0.15) is 13.2 Å². The molecule has 0 spiro atoms. The standard InChI is InChI=1S/C11H15F3N2O2/c1-16(2)8-3-4-9(15)10(5-8)18-7-17-6-11(12,13)14/h3-5H,6-7,15H2,1-2H3. The molecule has 1 aromatic carbocycles. The van der Waals surface area contributed by atoms with E-state index in [1.165, 1.54) is 0 Å². The van der Waals surface area contributed by atoms with Crippen LogP contribution in [0.4, 0.5) is 24.5 Å².